The van der Waals surface area contributed by atoms with Gasteiger partial charge >= 0.3 is 0 Å². The third kappa shape index (κ3) is 1.79. The first-order valence-electron chi connectivity index (χ1n) is 5.98. The van der Waals surface area contributed by atoms with Gasteiger partial charge in [-0.2, -0.15) is 10.1 Å². The Kier molecular flexibility index (Phi) is 2.35. The van der Waals surface area contributed by atoms with E-state index in [1.807, 2.05) is 17.7 Å². The predicted octanol–water partition coefficient (Wildman–Crippen LogP) is 2.38. The van der Waals surface area contributed by atoms with Crippen LogP contribution in [0.1, 0.15) is 30.8 Å². The zero-order valence-corrected chi connectivity index (χ0v) is 10.1. The first-order valence-corrected chi connectivity index (χ1v) is 5.98. The molecule has 1 aromatic carbocycles. The van der Waals surface area contributed by atoms with Gasteiger partial charge in [-0.25, -0.2) is 4.68 Å². The maximum Gasteiger partial charge on any atom is 0.222 e. The summed E-state index contributed by atoms with van der Waals surface area (Å²) in [7, 11) is 0. The van der Waals surface area contributed by atoms with Crippen LogP contribution in [0.15, 0.2) is 30.3 Å². The molecule has 0 radical (unpaired) electrons. The summed E-state index contributed by atoms with van der Waals surface area (Å²) < 4.78 is 2.00. The summed E-state index contributed by atoms with van der Waals surface area (Å²) in [5.41, 5.74) is 1.30. The highest BCUT2D eigenvalue weighted by molar-refractivity contribution is 5.34. The number of aromatic nitrogens is 3. The molecule has 1 N–H and O–H groups in total. The topological polar surface area (TPSA) is 42.7 Å². The van der Waals surface area contributed by atoms with Crippen LogP contribution in [0.2, 0.25) is 0 Å². The molecule has 0 spiro atoms. The van der Waals surface area contributed by atoms with Crippen LogP contribution in [0.4, 0.5) is 5.95 Å². The van der Waals surface area contributed by atoms with Crippen molar-refractivity contribution in [2.24, 2.45) is 0 Å². The number of nitrogens with zero attached hydrogens (tertiary/aromatic N) is 3. The number of benzene rings is 1. The van der Waals surface area contributed by atoms with Crippen LogP contribution in [0.25, 0.3) is 0 Å². The number of aryl methyl sites for hydroxylation is 1. The van der Waals surface area contributed by atoms with E-state index >= 15 is 0 Å². The lowest BCUT2D eigenvalue weighted by molar-refractivity contribution is 0.436. The van der Waals surface area contributed by atoms with Crippen LogP contribution >= 0.6 is 0 Å². The number of rotatable bonds is 1. The summed E-state index contributed by atoms with van der Waals surface area (Å²) in [5, 5.41) is 7.86. The van der Waals surface area contributed by atoms with Crippen molar-refractivity contribution in [3.05, 3.63) is 41.7 Å². The molecule has 1 aromatic heterocycles. The van der Waals surface area contributed by atoms with E-state index in [-0.39, 0.29) is 0 Å². The lowest BCUT2D eigenvalue weighted by Gasteiger charge is -2.29. The molecule has 4 nitrogen and oxygen atoms in total. The van der Waals surface area contributed by atoms with Crippen molar-refractivity contribution in [1.82, 2.24) is 14.8 Å². The van der Waals surface area contributed by atoms with E-state index in [1.54, 1.807) is 0 Å². The zero-order valence-electron chi connectivity index (χ0n) is 10.1. The molecule has 88 valence electrons. The molecule has 4 heteroatoms. The molecule has 0 unspecified atom stereocenters. The quantitative estimate of drug-likeness (QED) is 0.815. The van der Waals surface area contributed by atoms with E-state index in [2.05, 4.69) is 46.6 Å². The van der Waals surface area contributed by atoms with Crippen LogP contribution in [0.3, 0.4) is 0 Å². The summed E-state index contributed by atoms with van der Waals surface area (Å²) in [6.07, 6.45) is 1.04. The van der Waals surface area contributed by atoms with Crippen molar-refractivity contribution >= 4 is 5.95 Å². The van der Waals surface area contributed by atoms with E-state index in [9.17, 15) is 0 Å². The highest BCUT2D eigenvalue weighted by atomic mass is 15.4. The summed E-state index contributed by atoms with van der Waals surface area (Å²) in [6, 6.07) is 11.2. The third-order valence-corrected chi connectivity index (χ3v) is 3.17. The first kappa shape index (κ1) is 10.3. The molecule has 0 fully saturated rings. The summed E-state index contributed by atoms with van der Waals surface area (Å²) in [5.74, 6) is 1.71. The highest BCUT2D eigenvalue weighted by Gasteiger charge is 2.27. The second-order valence-corrected chi connectivity index (χ2v) is 4.63. The van der Waals surface area contributed by atoms with Gasteiger partial charge in [-0.15, -0.1) is 0 Å². The minimum atomic E-state index is 0.295. The van der Waals surface area contributed by atoms with Gasteiger partial charge < -0.3 is 5.32 Å². The van der Waals surface area contributed by atoms with E-state index < -0.39 is 0 Å². The van der Waals surface area contributed by atoms with Crippen LogP contribution in [-0.4, -0.2) is 20.8 Å². The maximum absolute atomic E-state index is 4.49. The Morgan fingerprint density at radius 1 is 1.29 bits per heavy atom. The van der Waals surface area contributed by atoms with Crippen LogP contribution in [0.5, 0.6) is 0 Å². The molecule has 0 saturated carbocycles. The first-order chi connectivity index (χ1) is 8.24. The number of fused-ring (bicyclic) bond motifs is 1. The third-order valence-electron chi connectivity index (χ3n) is 3.17. The fourth-order valence-corrected chi connectivity index (χ4v) is 2.41. The van der Waals surface area contributed by atoms with Gasteiger partial charge in [0.05, 0.1) is 6.04 Å². The van der Waals surface area contributed by atoms with Crippen LogP contribution in [-0.2, 0) is 0 Å². The largest absolute Gasteiger partial charge is 0.352 e. The fourth-order valence-electron chi connectivity index (χ4n) is 2.41. The molecule has 0 amide bonds. The van der Waals surface area contributed by atoms with Crippen molar-refractivity contribution in [3.8, 4) is 0 Å². The maximum atomic E-state index is 4.49. The van der Waals surface area contributed by atoms with E-state index in [4.69, 9.17) is 0 Å². The standard InChI is InChI=1S/C13H16N4/c1-9-8-12(11-6-4-3-5-7-11)17-13(14-9)15-10(2)16-17/h3-7,9,12H,8H2,1-2H3,(H,14,15,16)/t9-,12+/m0/s1. The van der Waals surface area contributed by atoms with Gasteiger partial charge in [0.1, 0.15) is 5.82 Å². The fraction of sp³-hybridized carbons (Fsp3) is 0.385. The second kappa shape index (κ2) is 3.87. The predicted molar refractivity (Wildman–Crippen MR) is 67.0 cm³/mol. The average molecular weight is 228 g/mol. The van der Waals surface area contributed by atoms with Crippen LogP contribution in [0, 0.1) is 6.92 Å². The molecule has 2 atom stereocenters. The molecule has 2 aromatic rings. The second-order valence-electron chi connectivity index (χ2n) is 4.63. The summed E-state index contributed by atoms with van der Waals surface area (Å²) >= 11 is 0. The Bertz CT molecular complexity index is 517. The number of nitrogens with one attached hydrogen (secondary N) is 1. The molecule has 1 aliphatic heterocycles. The van der Waals surface area contributed by atoms with Crippen molar-refractivity contribution in [3.63, 3.8) is 0 Å². The minimum Gasteiger partial charge on any atom is -0.352 e. The molecular formula is C13H16N4. The van der Waals surface area contributed by atoms with Gasteiger partial charge in [0.2, 0.25) is 5.95 Å². The molecular weight excluding hydrogens is 212 g/mol. The summed E-state index contributed by atoms with van der Waals surface area (Å²) in [4.78, 5) is 4.42. The number of hydrogen-bond acceptors (Lipinski definition) is 3. The van der Waals surface area contributed by atoms with E-state index in [1.165, 1.54) is 5.56 Å². The Morgan fingerprint density at radius 2 is 2.06 bits per heavy atom. The molecule has 17 heavy (non-hydrogen) atoms. The van der Waals surface area contributed by atoms with Crippen molar-refractivity contribution in [1.29, 1.82) is 0 Å². The Balaban J connectivity index is 2.06. The van der Waals surface area contributed by atoms with Gasteiger partial charge in [0.15, 0.2) is 0 Å². The van der Waals surface area contributed by atoms with Gasteiger partial charge in [0, 0.05) is 6.04 Å². The van der Waals surface area contributed by atoms with Crippen molar-refractivity contribution in [2.45, 2.75) is 32.4 Å². The Labute approximate surface area is 101 Å². The molecule has 0 aliphatic carbocycles. The van der Waals surface area contributed by atoms with Gasteiger partial charge in [-0.05, 0) is 25.8 Å². The molecule has 2 heterocycles. The normalized spacial score (nSPS) is 22.9. The minimum absolute atomic E-state index is 0.295. The van der Waals surface area contributed by atoms with Crippen LogP contribution < -0.4 is 5.32 Å². The Morgan fingerprint density at radius 3 is 2.82 bits per heavy atom. The van der Waals surface area contributed by atoms with E-state index in [0.717, 1.165) is 18.2 Å². The summed E-state index contributed by atoms with van der Waals surface area (Å²) in [6.45, 7) is 4.11. The number of anilines is 1. The van der Waals surface area contributed by atoms with Gasteiger partial charge in [-0.3, -0.25) is 0 Å². The molecule has 0 bridgehead atoms. The lowest BCUT2D eigenvalue weighted by atomic mass is 9.99. The van der Waals surface area contributed by atoms with E-state index in [0.29, 0.717) is 12.1 Å². The zero-order chi connectivity index (χ0) is 11.8. The SMILES string of the molecule is Cc1nc2n(n1)[C@@H](c1ccccc1)C[C@H](C)N2. The molecule has 1 aliphatic rings. The van der Waals surface area contributed by atoms with Gasteiger partial charge in [-0.1, -0.05) is 30.3 Å². The monoisotopic (exact) mass is 228 g/mol. The number of hydrogen-bond donors (Lipinski definition) is 1. The van der Waals surface area contributed by atoms with Gasteiger partial charge in [0.25, 0.3) is 0 Å². The lowest BCUT2D eigenvalue weighted by Crippen LogP contribution is -2.31. The highest BCUT2D eigenvalue weighted by Crippen LogP contribution is 2.30. The average Bonchev–Trinajstić information content (AvgIpc) is 2.69. The Hall–Kier alpha value is -1.84. The van der Waals surface area contributed by atoms with Crippen molar-refractivity contribution in [2.75, 3.05) is 5.32 Å². The van der Waals surface area contributed by atoms with Crippen molar-refractivity contribution < 1.29 is 0 Å². The molecule has 3 rings (SSSR count). The molecule has 0 saturated heterocycles. The smallest absolute Gasteiger partial charge is 0.222 e.